The number of halogens is 1. The number of imidazole rings is 1. The lowest BCUT2D eigenvalue weighted by Gasteiger charge is -2.08. The van der Waals surface area contributed by atoms with E-state index in [-0.39, 0.29) is 12.2 Å². The van der Waals surface area contributed by atoms with Crippen molar-refractivity contribution in [2.75, 3.05) is 0 Å². The Morgan fingerprint density at radius 1 is 1.36 bits per heavy atom. The van der Waals surface area contributed by atoms with Gasteiger partial charge in [-0.05, 0) is 25.1 Å². The normalized spacial score (nSPS) is 12.3. The number of aromatic nitrogens is 5. The summed E-state index contributed by atoms with van der Waals surface area (Å²) in [4.78, 5) is 15.3. The second-order valence-electron chi connectivity index (χ2n) is 5.03. The molecule has 3 heterocycles. The van der Waals surface area contributed by atoms with E-state index in [1.807, 2.05) is 0 Å². The van der Waals surface area contributed by atoms with Gasteiger partial charge in [-0.1, -0.05) is 0 Å². The van der Waals surface area contributed by atoms with Crippen molar-refractivity contribution in [1.29, 1.82) is 0 Å². The molecular weight excluding hydrogens is 289 g/mol. The van der Waals surface area contributed by atoms with E-state index in [0.717, 1.165) is 0 Å². The molecule has 8 heteroatoms. The number of nitrogens with zero attached hydrogens (tertiary/aromatic N) is 5. The molecule has 1 aliphatic rings. The quantitative estimate of drug-likeness (QED) is 0.577. The van der Waals surface area contributed by atoms with E-state index in [1.54, 1.807) is 22.1 Å². The first-order valence-corrected chi connectivity index (χ1v) is 6.56. The second-order valence-corrected chi connectivity index (χ2v) is 5.03. The zero-order valence-corrected chi connectivity index (χ0v) is 11.5. The number of hydrogen-bond donors (Lipinski definition) is 1. The molecule has 1 aliphatic heterocycles. The average molecular weight is 299 g/mol. The summed E-state index contributed by atoms with van der Waals surface area (Å²) in [6.45, 7) is 2.02. The average Bonchev–Trinajstić information content (AvgIpc) is 3.01. The summed E-state index contributed by atoms with van der Waals surface area (Å²) in [5.41, 5.74) is 1.65. The Morgan fingerprint density at radius 2 is 2.18 bits per heavy atom. The first-order chi connectivity index (χ1) is 10.6. The van der Waals surface area contributed by atoms with Crippen LogP contribution in [0, 0.1) is 12.7 Å². The lowest BCUT2D eigenvalue weighted by Crippen LogP contribution is -2.10. The minimum atomic E-state index is -1.11. The van der Waals surface area contributed by atoms with Gasteiger partial charge < -0.3 is 9.67 Å². The van der Waals surface area contributed by atoms with Crippen LogP contribution in [0.5, 0.6) is 0 Å². The van der Waals surface area contributed by atoms with Crippen LogP contribution in [-0.2, 0) is 6.54 Å². The molecule has 0 saturated heterocycles. The van der Waals surface area contributed by atoms with E-state index in [0.29, 0.717) is 28.6 Å². The topological polar surface area (TPSA) is 85.8 Å². The van der Waals surface area contributed by atoms with Crippen molar-refractivity contribution >= 4 is 5.97 Å². The first kappa shape index (κ1) is 12.7. The van der Waals surface area contributed by atoms with Gasteiger partial charge in [0, 0.05) is 5.56 Å². The summed E-state index contributed by atoms with van der Waals surface area (Å²) in [5.74, 6) is -0.372. The number of hydrogen-bond acceptors (Lipinski definition) is 4. The molecule has 0 fully saturated rings. The third kappa shape index (κ3) is 1.60. The fraction of sp³-hybridized carbons (Fsp3) is 0.143. The smallest absolute Gasteiger partial charge is 0.356 e. The molecule has 110 valence electrons. The van der Waals surface area contributed by atoms with Gasteiger partial charge in [-0.3, -0.25) is 4.57 Å². The van der Waals surface area contributed by atoms with E-state index in [2.05, 4.69) is 15.2 Å². The fourth-order valence-electron chi connectivity index (χ4n) is 2.73. The van der Waals surface area contributed by atoms with Crippen LogP contribution in [0.15, 0.2) is 24.5 Å². The SMILES string of the molecule is Cc1nnc2n1Cc1c(C(=O)O)ncn1-c1ccc(F)cc1-2. The summed E-state index contributed by atoms with van der Waals surface area (Å²) >= 11 is 0. The van der Waals surface area contributed by atoms with Gasteiger partial charge in [0.15, 0.2) is 11.5 Å². The largest absolute Gasteiger partial charge is 0.476 e. The summed E-state index contributed by atoms with van der Waals surface area (Å²) < 4.78 is 17.1. The molecule has 0 spiro atoms. The molecule has 2 aromatic heterocycles. The third-order valence-corrected chi connectivity index (χ3v) is 3.77. The molecule has 1 N–H and O–H groups in total. The Labute approximate surface area is 123 Å². The molecule has 0 amide bonds. The Hall–Kier alpha value is -3.03. The Balaban J connectivity index is 2.11. The maximum atomic E-state index is 13.7. The minimum Gasteiger partial charge on any atom is -0.476 e. The van der Waals surface area contributed by atoms with Crippen molar-refractivity contribution in [1.82, 2.24) is 24.3 Å². The molecule has 0 atom stereocenters. The highest BCUT2D eigenvalue weighted by Crippen LogP contribution is 2.32. The van der Waals surface area contributed by atoms with Crippen molar-refractivity contribution in [2.24, 2.45) is 0 Å². The van der Waals surface area contributed by atoms with E-state index >= 15 is 0 Å². The molecule has 22 heavy (non-hydrogen) atoms. The van der Waals surface area contributed by atoms with Crippen LogP contribution < -0.4 is 0 Å². The first-order valence-electron chi connectivity index (χ1n) is 6.56. The number of aromatic carboxylic acids is 1. The zero-order chi connectivity index (χ0) is 15.4. The van der Waals surface area contributed by atoms with Crippen LogP contribution in [0.1, 0.15) is 22.0 Å². The standard InChI is InChI=1S/C14H10FN5O2/c1-7-17-18-13-9-4-8(15)2-3-10(9)20-6-16-12(14(21)22)11(20)5-19(7)13/h2-4,6H,5H2,1H3,(H,21,22). The van der Waals surface area contributed by atoms with Crippen LogP contribution in [0.25, 0.3) is 17.1 Å². The monoisotopic (exact) mass is 299 g/mol. The van der Waals surface area contributed by atoms with Crippen LogP contribution >= 0.6 is 0 Å². The van der Waals surface area contributed by atoms with Crippen LogP contribution in [0.3, 0.4) is 0 Å². The Bertz CT molecular complexity index is 927. The summed E-state index contributed by atoms with van der Waals surface area (Å²) in [6.07, 6.45) is 1.44. The van der Waals surface area contributed by atoms with Crippen LogP contribution in [0.2, 0.25) is 0 Å². The highest BCUT2D eigenvalue weighted by molar-refractivity contribution is 5.87. The summed E-state index contributed by atoms with van der Waals surface area (Å²) in [6, 6.07) is 4.27. The summed E-state index contributed by atoms with van der Waals surface area (Å²) in [5, 5.41) is 17.4. The highest BCUT2D eigenvalue weighted by atomic mass is 19.1. The van der Waals surface area contributed by atoms with E-state index in [4.69, 9.17) is 0 Å². The number of benzene rings is 1. The molecule has 0 aliphatic carbocycles. The van der Waals surface area contributed by atoms with Crippen molar-refractivity contribution in [3.8, 4) is 17.1 Å². The second kappa shape index (κ2) is 4.23. The van der Waals surface area contributed by atoms with Crippen LogP contribution in [0.4, 0.5) is 4.39 Å². The predicted molar refractivity (Wildman–Crippen MR) is 73.3 cm³/mol. The third-order valence-electron chi connectivity index (χ3n) is 3.77. The van der Waals surface area contributed by atoms with Crippen molar-refractivity contribution in [2.45, 2.75) is 13.5 Å². The lowest BCUT2D eigenvalue weighted by atomic mass is 10.1. The van der Waals surface area contributed by atoms with Crippen molar-refractivity contribution < 1.29 is 14.3 Å². The molecular formula is C14H10FN5O2. The number of fused-ring (bicyclic) bond motifs is 5. The molecule has 7 nitrogen and oxygen atoms in total. The zero-order valence-electron chi connectivity index (χ0n) is 11.5. The number of aryl methyl sites for hydroxylation is 1. The molecule has 0 radical (unpaired) electrons. The van der Waals surface area contributed by atoms with Gasteiger partial charge in [-0.25, -0.2) is 14.2 Å². The van der Waals surface area contributed by atoms with Gasteiger partial charge in [0.2, 0.25) is 0 Å². The maximum absolute atomic E-state index is 13.7. The number of carbonyl (C=O) groups is 1. The van der Waals surface area contributed by atoms with Gasteiger partial charge in [0.05, 0.1) is 17.9 Å². The van der Waals surface area contributed by atoms with Gasteiger partial charge in [0.25, 0.3) is 0 Å². The number of carboxylic acid groups (broad SMARTS) is 1. The molecule has 0 saturated carbocycles. The van der Waals surface area contributed by atoms with E-state index in [1.165, 1.54) is 18.5 Å². The number of rotatable bonds is 1. The Kier molecular flexibility index (Phi) is 2.44. The van der Waals surface area contributed by atoms with Gasteiger partial charge in [0.1, 0.15) is 18.0 Å². The maximum Gasteiger partial charge on any atom is 0.356 e. The van der Waals surface area contributed by atoms with Crippen LogP contribution in [-0.4, -0.2) is 35.4 Å². The van der Waals surface area contributed by atoms with Crippen molar-refractivity contribution in [3.63, 3.8) is 0 Å². The fourth-order valence-corrected chi connectivity index (χ4v) is 2.73. The predicted octanol–water partition coefficient (Wildman–Crippen LogP) is 1.64. The van der Waals surface area contributed by atoms with Gasteiger partial charge >= 0.3 is 5.97 Å². The van der Waals surface area contributed by atoms with Gasteiger partial charge in [-0.15, -0.1) is 10.2 Å². The number of carboxylic acids is 1. The minimum absolute atomic E-state index is 0.0313. The van der Waals surface area contributed by atoms with Gasteiger partial charge in [-0.2, -0.15) is 0 Å². The molecule has 3 aromatic rings. The van der Waals surface area contributed by atoms with E-state index < -0.39 is 11.8 Å². The molecule has 4 rings (SSSR count). The Morgan fingerprint density at radius 3 is 2.95 bits per heavy atom. The van der Waals surface area contributed by atoms with Crippen molar-refractivity contribution in [3.05, 3.63) is 47.6 Å². The molecule has 0 bridgehead atoms. The highest BCUT2D eigenvalue weighted by Gasteiger charge is 2.27. The molecule has 1 aromatic carbocycles. The lowest BCUT2D eigenvalue weighted by molar-refractivity contribution is 0.0689. The molecule has 0 unspecified atom stereocenters. The van der Waals surface area contributed by atoms with E-state index in [9.17, 15) is 14.3 Å². The summed E-state index contributed by atoms with van der Waals surface area (Å²) in [7, 11) is 0.